The normalized spacial score (nSPS) is 17.2. The van der Waals surface area contributed by atoms with E-state index in [0.717, 1.165) is 42.8 Å². The molecule has 3 heterocycles. The number of aromatic nitrogens is 3. The molecule has 1 aromatic carbocycles. The summed E-state index contributed by atoms with van der Waals surface area (Å²) in [6.45, 7) is 2.61. The van der Waals surface area contributed by atoms with Crippen LogP contribution in [0.5, 0.6) is 0 Å². The Balaban J connectivity index is 1.40. The highest BCUT2D eigenvalue weighted by atomic mass is 16.5. The van der Waals surface area contributed by atoms with Gasteiger partial charge in [0.1, 0.15) is 11.5 Å². The van der Waals surface area contributed by atoms with Crippen molar-refractivity contribution in [1.82, 2.24) is 20.2 Å². The van der Waals surface area contributed by atoms with Crippen molar-refractivity contribution in [2.45, 2.75) is 45.1 Å². The largest absolute Gasteiger partial charge is 0.361 e. The standard InChI is InChI=1S/C20H22N4O3/c1-14-13-16(22-26-14)17-9-5-6-12-24(17)19(25)11-10-18-21-20(23-27-18)15-7-3-2-4-8-15/h2-4,7-8,13,17H,5-6,9-12H2,1H3. The number of hydrogen-bond donors (Lipinski definition) is 0. The average molecular weight is 366 g/mol. The highest BCUT2D eigenvalue weighted by Crippen LogP contribution is 2.31. The second-order valence-electron chi connectivity index (χ2n) is 6.84. The zero-order valence-electron chi connectivity index (χ0n) is 15.3. The monoisotopic (exact) mass is 366 g/mol. The van der Waals surface area contributed by atoms with Gasteiger partial charge in [-0.2, -0.15) is 4.98 Å². The molecule has 1 amide bonds. The number of hydrogen-bond acceptors (Lipinski definition) is 6. The number of carbonyl (C=O) groups excluding carboxylic acids is 1. The highest BCUT2D eigenvalue weighted by Gasteiger charge is 2.30. The summed E-state index contributed by atoms with van der Waals surface area (Å²) in [7, 11) is 0. The van der Waals surface area contributed by atoms with Crippen molar-refractivity contribution < 1.29 is 13.8 Å². The van der Waals surface area contributed by atoms with Crippen LogP contribution in [0, 0.1) is 6.92 Å². The van der Waals surface area contributed by atoms with E-state index in [0.29, 0.717) is 24.6 Å². The average Bonchev–Trinajstić information content (AvgIpc) is 3.36. The van der Waals surface area contributed by atoms with Crippen LogP contribution in [0.15, 0.2) is 45.4 Å². The Kier molecular flexibility index (Phi) is 5.00. The Morgan fingerprint density at radius 3 is 2.81 bits per heavy atom. The molecule has 27 heavy (non-hydrogen) atoms. The number of carbonyl (C=O) groups is 1. The van der Waals surface area contributed by atoms with Crippen molar-refractivity contribution in [3.05, 3.63) is 53.7 Å². The summed E-state index contributed by atoms with van der Waals surface area (Å²) in [5.74, 6) is 1.88. The van der Waals surface area contributed by atoms with E-state index in [9.17, 15) is 4.79 Å². The van der Waals surface area contributed by atoms with E-state index in [2.05, 4.69) is 15.3 Å². The molecule has 1 unspecified atom stereocenters. The molecule has 3 aromatic rings. The van der Waals surface area contributed by atoms with E-state index in [1.165, 1.54) is 0 Å². The minimum atomic E-state index is -0.00809. The van der Waals surface area contributed by atoms with Gasteiger partial charge in [0.15, 0.2) is 0 Å². The summed E-state index contributed by atoms with van der Waals surface area (Å²) in [4.78, 5) is 19.1. The molecular weight excluding hydrogens is 344 g/mol. The zero-order chi connectivity index (χ0) is 18.6. The third-order valence-corrected chi connectivity index (χ3v) is 4.86. The summed E-state index contributed by atoms with van der Waals surface area (Å²) < 4.78 is 10.5. The number of rotatable bonds is 5. The van der Waals surface area contributed by atoms with Gasteiger partial charge in [0.05, 0.1) is 6.04 Å². The minimum Gasteiger partial charge on any atom is -0.361 e. The predicted molar refractivity (Wildman–Crippen MR) is 97.6 cm³/mol. The van der Waals surface area contributed by atoms with E-state index < -0.39 is 0 Å². The van der Waals surface area contributed by atoms with Crippen molar-refractivity contribution in [2.75, 3.05) is 6.54 Å². The van der Waals surface area contributed by atoms with Crippen LogP contribution < -0.4 is 0 Å². The summed E-state index contributed by atoms with van der Waals surface area (Å²) in [5, 5.41) is 8.13. The molecule has 1 fully saturated rings. The molecule has 0 aliphatic carbocycles. The molecular formula is C20H22N4O3. The van der Waals surface area contributed by atoms with Crippen LogP contribution >= 0.6 is 0 Å². The maximum absolute atomic E-state index is 12.8. The van der Waals surface area contributed by atoms with E-state index in [4.69, 9.17) is 9.05 Å². The molecule has 1 atom stereocenters. The van der Waals surface area contributed by atoms with Crippen molar-refractivity contribution in [3.8, 4) is 11.4 Å². The fourth-order valence-electron chi connectivity index (χ4n) is 3.50. The fraction of sp³-hybridized carbons (Fsp3) is 0.400. The first kappa shape index (κ1) is 17.5. The van der Waals surface area contributed by atoms with E-state index in [1.54, 1.807) is 0 Å². The second kappa shape index (κ2) is 7.73. The molecule has 140 valence electrons. The van der Waals surface area contributed by atoms with Gasteiger partial charge < -0.3 is 13.9 Å². The number of likely N-dealkylation sites (tertiary alicyclic amines) is 1. The molecule has 1 saturated heterocycles. The Bertz CT molecular complexity index is 903. The van der Waals surface area contributed by atoms with Crippen LogP contribution in [-0.4, -0.2) is 32.6 Å². The van der Waals surface area contributed by atoms with Crippen molar-refractivity contribution in [1.29, 1.82) is 0 Å². The Morgan fingerprint density at radius 2 is 2.04 bits per heavy atom. The topological polar surface area (TPSA) is 85.3 Å². The number of amides is 1. The van der Waals surface area contributed by atoms with Crippen LogP contribution in [0.25, 0.3) is 11.4 Å². The summed E-state index contributed by atoms with van der Waals surface area (Å²) in [6, 6.07) is 11.6. The molecule has 4 rings (SSSR count). The SMILES string of the molecule is Cc1cc(C2CCCCN2C(=O)CCc2nc(-c3ccccc3)no2)no1. The van der Waals surface area contributed by atoms with Crippen LogP contribution in [-0.2, 0) is 11.2 Å². The van der Waals surface area contributed by atoms with Crippen LogP contribution in [0.4, 0.5) is 0 Å². The lowest BCUT2D eigenvalue weighted by atomic mass is 9.98. The van der Waals surface area contributed by atoms with Gasteiger partial charge in [-0.25, -0.2) is 0 Å². The van der Waals surface area contributed by atoms with Gasteiger partial charge >= 0.3 is 0 Å². The number of piperidine rings is 1. The van der Waals surface area contributed by atoms with Gasteiger partial charge in [-0.15, -0.1) is 0 Å². The molecule has 1 aliphatic heterocycles. The third-order valence-electron chi connectivity index (χ3n) is 4.86. The first-order chi connectivity index (χ1) is 13.2. The zero-order valence-corrected chi connectivity index (χ0v) is 15.3. The van der Waals surface area contributed by atoms with Gasteiger partial charge in [0.25, 0.3) is 0 Å². The van der Waals surface area contributed by atoms with Crippen molar-refractivity contribution in [3.63, 3.8) is 0 Å². The summed E-state index contributed by atoms with van der Waals surface area (Å²) in [6.07, 6.45) is 3.78. The molecule has 0 spiro atoms. The van der Waals surface area contributed by atoms with Crippen molar-refractivity contribution >= 4 is 5.91 Å². The smallest absolute Gasteiger partial charge is 0.227 e. The maximum atomic E-state index is 12.8. The molecule has 0 bridgehead atoms. The second-order valence-corrected chi connectivity index (χ2v) is 6.84. The van der Waals surface area contributed by atoms with Gasteiger partial charge in [-0.3, -0.25) is 4.79 Å². The van der Waals surface area contributed by atoms with Gasteiger partial charge in [-0.1, -0.05) is 40.6 Å². The summed E-state index contributed by atoms with van der Waals surface area (Å²) in [5.41, 5.74) is 1.74. The molecule has 7 nitrogen and oxygen atoms in total. The Hall–Kier alpha value is -2.96. The molecule has 1 aliphatic rings. The van der Waals surface area contributed by atoms with Gasteiger partial charge in [0, 0.05) is 31.0 Å². The van der Waals surface area contributed by atoms with Crippen LogP contribution in [0.1, 0.15) is 49.1 Å². The van der Waals surface area contributed by atoms with Crippen LogP contribution in [0.2, 0.25) is 0 Å². The number of nitrogens with zero attached hydrogens (tertiary/aromatic N) is 4. The first-order valence-corrected chi connectivity index (χ1v) is 9.31. The quantitative estimate of drug-likeness (QED) is 0.684. The molecule has 0 N–H and O–H groups in total. The first-order valence-electron chi connectivity index (χ1n) is 9.31. The van der Waals surface area contributed by atoms with E-state index in [-0.39, 0.29) is 11.9 Å². The molecule has 0 saturated carbocycles. The lowest BCUT2D eigenvalue weighted by Crippen LogP contribution is -2.38. The predicted octanol–water partition coefficient (Wildman–Crippen LogP) is 3.72. The minimum absolute atomic E-state index is 0.00809. The van der Waals surface area contributed by atoms with E-state index in [1.807, 2.05) is 48.2 Å². The highest BCUT2D eigenvalue weighted by molar-refractivity contribution is 5.77. The Morgan fingerprint density at radius 1 is 1.19 bits per heavy atom. The fourth-order valence-corrected chi connectivity index (χ4v) is 3.50. The third kappa shape index (κ3) is 3.92. The lowest BCUT2D eigenvalue weighted by molar-refractivity contribution is -0.135. The Labute approximate surface area is 157 Å². The maximum Gasteiger partial charge on any atom is 0.227 e. The molecule has 0 radical (unpaired) electrons. The van der Waals surface area contributed by atoms with Gasteiger partial charge in [-0.05, 0) is 26.2 Å². The number of benzene rings is 1. The molecule has 7 heteroatoms. The summed E-state index contributed by atoms with van der Waals surface area (Å²) >= 11 is 0. The lowest BCUT2D eigenvalue weighted by Gasteiger charge is -2.34. The van der Waals surface area contributed by atoms with Gasteiger partial charge in [0.2, 0.25) is 17.6 Å². The van der Waals surface area contributed by atoms with E-state index >= 15 is 0 Å². The molecule has 2 aromatic heterocycles. The van der Waals surface area contributed by atoms with Crippen LogP contribution in [0.3, 0.4) is 0 Å². The van der Waals surface area contributed by atoms with Crippen molar-refractivity contribution in [2.24, 2.45) is 0 Å². The number of aryl methyl sites for hydroxylation is 2.